The first kappa shape index (κ1) is 13.4. The largest absolute Gasteiger partial charge is 0.333 e. The zero-order valence-electron chi connectivity index (χ0n) is 12.2. The lowest BCUT2D eigenvalue weighted by atomic mass is 10.0. The first-order valence-corrected chi connectivity index (χ1v) is 7.62. The van der Waals surface area contributed by atoms with Gasteiger partial charge in [0.1, 0.15) is 0 Å². The van der Waals surface area contributed by atoms with Crippen molar-refractivity contribution in [1.82, 2.24) is 14.9 Å². The highest BCUT2D eigenvalue weighted by Crippen LogP contribution is 2.22. The summed E-state index contributed by atoms with van der Waals surface area (Å²) in [5.41, 5.74) is 4.08. The van der Waals surface area contributed by atoms with Crippen LogP contribution in [-0.2, 0) is 13.0 Å². The highest BCUT2D eigenvalue weighted by Gasteiger charge is 2.18. The fourth-order valence-corrected chi connectivity index (χ4v) is 3.03. The second kappa shape index (κ2) is 6.23. The Morgan fingerprint density at radius 2 is 2.30 bits per heavy atom. The summed E-state index contributed by atoms with van der Waals surface area (Å²) in [4.78, 5) is 4.35. The second-order valence-electron chi connectivity index (χ2n) is 5.75. The number of imidazole rings is 1. The summed E-state index contributed by atoms with van der Waals surface area (Å²) < 4.78 is 2.31. The Morgan fingerprint density at radius 3 is 3.10 bits per heavy atom. The molecule has 20 heavy (non-hydrogen) atoms. The van der Waals surface area contributed by atoms with Crippen molar-refractivity contribution in [3.05, 3.63) is 53.6 Å². The molecule has 3 heteroatoms. The van der Waals surface area contributed by atoms with Gasteiger partial charge in [0.2, 0.25) is 0 Å². The third kappa shape index (κ3) is 3.10. The minimum absolute atomic E-state index is 0.490. The molecule has 1 aromatic carbocycles. The third-order valence-electron chi connectivity index (χ3n) is 4.14. The number of aromatic nitrogens is 2. The summed E-state index contributed by atoms with van der Waals surface area (Å²) in [6.07, 6.45) is 8.92. The maximum Gasteiger partial charge on any atom is 0.0948 e. The molecule has 1 fully saturated rings. The number of benzene rings is 1. The molecule has 0 bridgehead atoms. The van der Waals surface area contributed by atoms with Gasteiger partial charge in [-0.3, -0.25) is 0 Å². The zero-order valence-corrected chi connectivity index (χ0v) is 12.2. The van der Waals surface area contributed by atoms with Gasteiger partial charge >= 0.3 is 0 Å². The van der Waals surface area contributed by atoms with Crippen LogP contribution >= 0.6 is 0 Å². The van der Waals surface area contributed by atoms with E-state index in [1.165, 1.54) is 36.1 Å². The Morgan fingerprint density at radius 1 is 1.35 bits per heavy atom. The van der Waals surface area contributed by atoms with Crippen LogP contribution in [0.25, 0.3) is 0 Å². The highest BCUT2D eigenvalue weighted by molar-refractivity contribution is 5.22. The molecule has 0 amide bonds. The molecular weight excluding hydrogens is 246 g/mol. The van der Waals surface area contributed by atoms with Gasteiger partial charge < -0.3 is 9.88 Å². The van der Waals surface area contributed by atoms with Crippen molar-refractivity contribution in [3.8, 4) is 0 Å². The number of hydrogen-bond donors (Lipinski definition) is 1. The van der Waals surface area contributed by atoms with E-state index in [4.69, 9.17) is 0 Å². The average Bonchev–Trinajstić information content (AvgIpc) is 2.95. The Balaban J connectivity index is 1.67. The minimum Gasteiger partial charge on any atom is -0.333 e. The SMILES string of the molecule is Cc1cccc(CCn2cncc2C2CCCCN2)c1. The van der Waals surface area contributed by atoms with Crippen LogP contribution < -0.4 is 5.32 Å². The van der Waals surface area contributed by atoms with Gasteiger partial charge in [-0.15, -0.1) is 0 Å². The Hall–Kier alpha value is -1.61. The molecule has 1 N–H and O–H groups in total. The number of nitrogens with one attached hydrogen (secondary N) is 1. The van der Waals surface area contributed by atoms with Crippen molar-refractivity contribution in [2.75, 3.05) is 6.54 Å². The van der Waals surface area contributed by atoms with Gasteiger partial charge in [0.15, 0.2) is 0 Å². The van der Waals surface area contributed by atoms with Crippen molar-refractivity contribution in [2.45, 2.75) is 45.2 Å². The Bertz CT molecular complexity index is 553. The molecule has 1 saturated heterocycles. The number of rotatable bonds is 4. The smallest absolute Gasteiger partial charge is 0.0948 e. The molecule has 106 valence electrons. The van der Waals surface area contributed by atoms with E-state index in [-0.39, 0.29) is 0 Å². The summed E-state index contributed by atoms with van der Waals surface area (Å²) in [5.74, 6) is 0. The van der Waals surface area contributed by atoms with E-state index in [1.807, 2.05) is 12.5 Å². The number of aryl methyl sites for hydroxylation is 3. The van der Waals surface area contributed by atoms with Crippen LogP contribution in [0.15, 0.2) is 36.8 Å². The highest BCUT2D eigenvalue weighted by atomic mass is 15.1. The van der Waals surface area contributed by atoms with Crippen LogP contribution in [0.1, 0.15) is 42.1 Å². The molecule has 0 saturated carbocycles. The lowest BCUT2D eigenvalue weighted by molar-refractivity contribution is 0.393. The summed E-state index contributed by atoms with van der Waals surface area (Å²) in [7, 11) is 0. The second-order valence-corrected chi connectivity index (χ2v) is 5.75. The maximum atomic E-state index is 4.35. The Labute approximate surface area is 121 Å². The minimum atomic E-state index is 0.490. The van der Waals surface area contributed by atoms with Gasteiger partial charge in [0, 0.05) is 18.8 Å². The standard InChI is InChI=1S/C17H23N3/c1-14-5-4-6-15(11-14)8-10-20-13-18-12-17(20)16-7-2-3-9-19-16/h4-6,11-13,16,19H,2-3,7-10H2,1H3. The molecule has 0 spiro atoms. The van der Waals surface area contributed by atoms with Gasteiger partial charge in [0.05, 0.1) is 12.0 Å². The van der Waals surface area contributed by atoms with Gasteiger partial charge in [-0.25, -0.2) is 4.98 Å². The fraction of sp³-hybridized carbons (Fsp3) is 0.471. The summed E-state index contributed by atoms with van der Waals surface area (Å²) >= 11 is 0. The van der Waals surface area contributed by atoms with Crippen LogP contribution in [0.5, 0.6) is 0 Å². The van der Waals surface area contributed by atoms with Crippen LogP contribution in [0, 0.1) is 6.92 Å². The zero-order chi connectivity index (χ0) is 13.8. The molecule has 0 aliphatic carbocycles. The van der Waals surface area contributed by atoms with E-state index in [9.17, 15) is 0 Å². The quantitative estimate of drug-likeness (QED) is 0.923. The molecule has 3 nitrogen and oxygen atoms in total. The predicted octanol–water partition coefficient (Wildman–Crippen LogP) is 3.25. The topological polar surface area (TPSA) is 29.9 Å². The number of piperidine rings is 1. The predicted molar refractivity (Wildman–Crippen MR) is 81.7 cm³/mol. The average molecular weight is 269 g/mol. The summed E-state index contributed by atoms with van der Waals surface area (Å²) in [5, 5.41) is 3.61. The number of nitrogens with zero attached hydrogens (tertiary/aromatic N) is 2. The molecule has 2 heterocycles. The normalized spacial score (nSPS) is 19.1. The van der Waals surface area contributed by atoms with E-state index in [2.05, 4.69) is 46.1 Å². The lowest BCUT2D eigenvalue weighted by Gasteiger charge is -2.24. The summed E-state index contributed by atoms with van der Waals surface area (Å²) in [6.45, 7) is 4.29. The molecule has 1 aromatic heterocycles. The van der Waals surface area contributed by atoms with Crippen molar-refractivity contribution in [3.63, 3.8) is 0 Å². The van der Waals surface area contributed by atoms with Crippen LogP contribution in [0.4, 0.5) is 0 Å². The van der Waals surface area contributed by atoms with Gasteiger partial charge in [-0.1, -0.05) is 36.2 Å². The third-order valence-corrected chi connectivity index (χ3v) is 4.14. The molecule has 1 atom stereocenters. The van der Waals surface area contributed by atoms with Gasteiger partial charge in [-0.05, 0) is 38.3 Å². The van der Waals surface area contributed by atoms with E-state index >= 15 is 0 Å². The molecule has 2 aromatic rings. The molecule has 1 aliphatic heterocycles. The van der Waals surface area contributed by atoms with Crippen molar-refractivity contribution >= 4 is 0 Å². The molecule has 1 unspecified atom stereocenters. The summed E-state index contributed by atoms with van der Waals surface area (Å²) in [6, 6.07) is 9.27. The van der Waals surface area contributed by atoms with Crippen LogP contribution in [-0.4, -0.2) is 16.1 Å². The first-order chi connectivity index (χ1) is 9.83. The van der Waals surface area contributed by atoms with Gasteiger partial charge in [0.25, 0.3) is 0 Å². The van der Waals surface area contributed by atoms with E-state index in [1.54, 1.807) is 0 Å². The van der Waals surface area contributed by atoms with Crippen LogP contribution in [0.2, 0.25) is 0 Å². The van der Waals surface area contributed by atoms with Crippen molar-refractivity contribution in [2.24, 2.45) is 0 Å². The maximum absolute atomic E-state index is 4.35. The van der Waals surface area contributed by atoms with Crippen molar-refractivity contribution in [1.29, 1.82) is 0 Å². The van der Waals surface area contributed by atoms with Gasteiger partial charge in [-0.2, -0.15) is 0 Å². The number of hydrogen-bond acceptors (Lipinski definition) is 2. The van der Waals surface area contributed by atoms with Crippen molar-refractivity contribution < 1.29 is 0 Å². The fourth-order valence-electron chi connectivity index (χ4n) is 3.03. The van der Waals surface area contributed by atoms with E-state index in [0.717, 1.165) is 19.5 Å². The van der Waals surface area contributed by atoms with Crippen LogP contribution in [0.3, 0.4) is 0 Å². The molecule has 0 radical (unpaired) electrons. The Kier molecular flexibility index (Phi) is 4.16. The van der Waals surface area contributed by atoms with E-state index < -0.39 is 0 Å². The first-order valence-electron chi connectivity index (χ1n) is 7.62. The van der Waals surface area contributed by atoms with E-state index in [0.29, 0.717) is 6.04 Å². The lowest BCUT2D eigenvalue weighted by Crippen LogP contribution is -2.28. The molecule has 3 rings (SSSR count). The molecule has 1 aliphatic rings. The monoisotopic (exact) mass is 269 g/mol. The molecular formula is C17H23N3.